The first-order valence-corrected chi connectivity index (χ1v) is 7.81. The average molecular weight is 470 g/mol. The lowest BCUT2D eigenvalue weighted by Crippen LogP contribution is -2.48. The van der Waals surface area contributed by atoms with Gasteiger partial charge < -0.3 is 15.5 Å². The van der Waals surface area contributed by atoms with E-state index in [4.69, 9.17) is 0 Å². The lowest BCUT2D eigenvalue weighted by Gasteiger charge is -2.33. The third-order valence-corrected chi connectivity index (χ3v) is 3.88. The van der Waals surface area contributed by atoms with Crippen molar-refractivity contribution in [1.82, 2.24) is 10.2 Å². The fourth-order valence-electron chi connectivity index (χ4n) is 2.69. The van der Waals surface area contributed by atoms with Crippen molar-refractivity contribution in [2.24, 2.45) is 10.9 Å². The second kappa shape index (κ2) is 9.83. The van der Waals surface area contributed by atoms with Crippen molar-refractivity contribution >= 4 is 41.5 Å². The Bertz CT molecular complexity index is 642. The van der Waals surface area contributed by atoms with Crippen LogP contribution in [0, 0.1) is 23.4 Å². The number of hydrogen-bond donors (Lipinski definition) is 2. The van der Waals surface area contributed by atoms with E-state index in [1.54, 1.807) is 7.05 Å². The summed E-state index contributed by atoms with van der Waals surface area (Å²) in [4.78, 5) is 18.1. The Kier molecular flexibility index (Phi) is 8.46. The number of anilines is 1. The molecule has 1 aliphatic rings. The average Bonchev–Trinajstić information content (AvgIpc) is 2.56. The second-order valence-corrected chi connectivity index (χ2v) is 5.87. The molecule has 1 unspecified atom stereocenters. The van der Waals surface area contributed by atoms with Gasteiger partial charge in [0.1, 0.15) is 0 Å². The molecule has 0 radical (unpaired) electrons. The first-order valence-electron chi connectivity index (χ1n) is 7.81. The van der Waals surface area contributed by atoms with Gasteiger partial charge in [0, 0.05) is 20.1 Å². The molecule has 1 aromatic carbocycles. The summed E-state index contributed by atoms with van der Waals surface area (Å²) in [6, 6.07) is 1.74. The van der Waals surface area contributed by atoms with Crippen molar-refractivity contribution in [3.8, 4) is 0 Å². The molecular weight excluding hydrogens is 448 g/mol. The molecule has 1 aliphatic heterocycles. The largest absolute Gasteiger partial charge is 0.347 e. The van der Waals surface area contributed by atoms with Crippen LogP contribution in [0.4, 0.5) is 18.9 Å². The van der Waals surface area contributed by atoms with Gasteiger partial charge in [0.05, 0.1) is 12.2 Å². The predicted octanol–water partition coefficient (Wildman–Crippen LogP) is 2.97. The van der Waals surface area contributed by atoms with Crippen LogP contribution >= 0.6 is 24.0 Å². The van der Waals surface area contributed by atoms with Crippen LogP contribution in [0.25, 0.3) is 0 Å². The van der Waals surface area contributed by atoms with Crippen LogP contribution in [0.5, 0.6) is 0 Å². The molecular formula is C16H22F3IN4O. The summed E-state index contributed by atoms with van der Waals surface area (Å²) in [6.07, 6.45) is 2.21. The number of hydrogen-bond acceptors (Lipinski definition) is 2. The van der Waals surface area contributed by atoms with Crippen molar-refractivity contribution in [3.63, 3.8) is 0 Å². The number of halogens is 4. The topological polar surface area (TPSA) is 56.7 Å². The first-order chi connectivity index (χ1) is 11.4. The van der Waals surface area contributed by atoms with Crippen molar-refractivity contribution in [2.45, 2.75) is 19.8 Å². The maximum atomic E-state index is 13.5. The van der Waals surface area contributed by atoms with Gasteiger partial charge in [0.2, 0.25) is 5.91 Å². The number of carbonyl (C=O) groups excluding carboxylic acids is 1. The molecule has 1 aromatic rings. The zero-order valence-corrected chi connectivity index (χ0v) is 16.4. The maximum Gasteiger partial charge on any atom is 0.243 e. The Hall–Kier alpha value is -1.52. The van der Waals surface area contributed by atoms with Crippen LogP contribution in [0.3, 0.4) is 0 Å². The minimum atomic E-state index is -1.61. The van der Waals surface area contributed by atoms with Crippen LogP contribution < -0.4 is 10.6 Å². The number of likely N-dealkylation sites (tertiary alicyclic amines) is 1. The lowest BCUT2D eigenvalue weighted by atomic mass is 10.0. The van der Waals surface area contributed by atoms with E-state index in [0.717, 1.165) is 38.1 Å². The Labute approximate surface area is 162 Å². The van der Waals surface area contributed by atoms with Crippen LogP contribution in [-0.2, 0) is 4.79 Å². The summed E-state index contributed by atoms with van der Waals surface area (Å²) >= 11 is 0. The fourth-order valence-corrected chi connectivity index (χ4v) is 2.69. The van der Waals surface area contributed by atoms with Gasteiger partial charge >= 0.3 is 0 Å². The summed E-state index contributed by atoms with van der Waals surface area (Å²) < 4.78 is 39.6. The molecule has 25 heavy (non-hydrogen) atoms. The van der Waals surface area contributed by atoms with Gasteiger partial charge in [-0.2, -0.15) is 0 Å². The molecule has 1 saturated heterocycles. The number of piperidine rings is 1. The molecule has 5 nitrogen and oxygen atoms in total. The van der Waals surface area contributed by atoms with E-state index in [-0.39, 0.29) is 30.5 Å². The zero-order chi connectivity index (χ0) is 17.7. The summed E-state index contributed by atoms with van der Waals surface area (Å²) in [5.41, 5.74) is -0.401. The van der Waals surface area contributed by atoms with Gasteiger partial charge in [-0.15, -0.1) is 24.0 Å². The molecule has 140 valence electrons. The highest BCUT2D eigenvalue weighted by molar-refractivity contribution is 14.0. The van der Waals surface area contributed by atoms with Gasteiger partial charge in [0.25, 0.3) is 0 Å². The minimum absolute atomic E-state index is 0. The number of rotatable bonds is 3. The molecule has 1 heterocycles. The highest BCUT2D eigenvalue weighted by atomic mass is 127. The maximum absolute atomic E-state index is 13.5. The smallest absolute Gasteiger partial charge is 0.243 e. The van der Waals surface area contributed by atoms with E-state index in [1.165, 1.54) is 0 Å². The molecule has 1 atom stereocenters. The van der Waals surface area contributed by atoms with Crippen molar-refractivity contribution in [1.29, 1.82) is 0 Å². The second-order valence-electron chi connectivity index (χ2n) is 5.87. The molecule has 9 heteroatoms. The molecule has 0 saturated carbocycles. The number of carbonyl (C=O) groups is 1. The molecule has 2 N–H and O–H groups in total. The Morgan fingerprint density at radius 2 is 2.04 bits per heavy atom. The lowest BCUT2D eigenvalue weighted by molar-refractivity contribution is -0.115. The summed E-state index contributed by atoms with van der Waals surface area (Å²) in [6.45, 7) is 3.69. The molecule has 2 rings (SSSR count). The van der Waals surface area contributed by atoms with Gasteiger partial charge in [-0.3, -0.25) is 9.79 Å². The van der Waals surface area contributed by atoms with Gasteiger partial charge in [-0.25, -0.2) is 13.2 Å². The molecule has 0 aromatic heterocycles. The zero-order valence-electron chi connectivity index (χ0n) is 14.1. The number of nitrogens with one attached hydrogen (secondary N) is 2. The summed E-state index contributed by atoms with van der Waals surface area (Å²) in [5, 5.41) is 5.11. The Morgan fingerprint density at radius 3 is 2.68 bits per heavy atom. The van der Waals surface area contributed by atoms with Crippen LogP contribution in [0.2, 0.25) is 0 Å². The number of nitrogens with zero attached hydrogens (tertiary/aromatic N) is 2. The number of guanidine groups is 1. The van der Waals surface area contributed by atoms with Gasteiger partial charge in [0.15, 0.2) is 23.4 Å². The minimum Gasteiger partial charge on any atom is -0.347 e. The monoisotopic (exact) mass is 470 g/mol. The van der Waals surface area contributed by atoms with E-state index < -0.39 is 29.0 Å². The third kappa shape index (κ3) is 5.75. The van der Waals surface area contributed by atoms with Crippen LogP contribution in [-0.4, -0.2) is 43.4 Å². The Balaban J connectivity index is 0.00000312. The molecule has 1 fully saturated rings. The summed E-state index contributed by atoms with van der Waals surface area (Å²) in [7, 11) is 1.62. The molecule has 1 amide bonds. The highest BCUT2D eigenvalue weighted by Gasteiger charge is 2.20. The van der Waals surface area contributed by atoms with Crippen molar-refractivity contribution in [2.75, 3.05) is 32.0 Å². The number of aliphatic imine (C=N–C) groups is 1. The van der Waals surface area contributed by atoms with E-state index in [9.17, 15) is 18.0 Å². The van der Waals surface area contributed by atoms with E-state index in [0.29, 0.717) is 11.9 Å². The van der Waals surface area contributed by atoms with Crippen molar-refractivity contribution < 1.29 is 18.0 Å². The first kappa shape index (κ1) is 21.5. The molecule has 0 spiro atoms. The van der Waals surface area contributed by atoms with Gasteiger partial charge in [-0.1, -0.05) is 6.92 Å². The normalized spacial score (nSPS) is 17.7. The predicted molar refractivity (Wildman–Crippen MR) is 102 cm³/mol. The Morgan fingerprint density at radius 1 is 1.32 bits per heavy atom. The van der Waals surface area contributed by atoms with Crippen molar-refractivity contribution in [3.05, 3.63) is 29.6 Å². The molecule has 0 aliphatic carbocycles. The standard InChI is InChI=1S/C16H21F3N4O.HI/c1-10-4-3-7-23(9-10)16(20-2)21-8-13(24)22-12-6-5-11(17)14(18)15(12)19;/h5-6,10H,3-4,7-9H2,1-2H3,(H,20,21)(H,22,24);1H. The third-order valence-electron chi connectivity index (χ3n) is 3.88. The highest BCUT2D eigenvalue weighted by Crippen LogP contribution is 2.19. The van der Waals surface area contributed by atoms with E-state index >= 15 is 0 Å². The molecule has 0 bridgehead atoms. The number of benzene rings is 1. The fraction of sp³-hybridized carbons (Fsp3) is 0.500. The van der Waals surface area contributed by atoms with E-state index in [1.807, 2.05) is 0 Å². The number of amides is 1. The van der Waals surface area contributed by atoms with Crippen LogP contribution in [0.15, 0.2) is 17.1 Å². The quantitative estimate of drug-likeness (QED) is 0.309. The summed E-state index contributed by atoms with van der Waals surface area (Å²) in [5.74, 6) is -3.78. The SMILES string of the molecule is CN=C(NCC(=O)Nc1ccc(F)c(F)c1F)N1CCCC(C)C1.I. The van der Waals surface area contributed by atoms with E-state index in [2.05, 4.69) is 27.4 Å². The van der Waals surface area contributed by atoms with Gasteiger partial charge in [-0.05, 0) is 30.9 Å². The van der Waals surface area contributed by atoms with Crippen LogP contribution in [0.1, 0.15) is 19.8 Å².